The van der Waals surface area contributed by atoms with Gasteiger partial charge in [0.05, 0.1) is 36.2 Å². The van der Waals surface area contributed by atoms with Gasteiger partial charge in [-0.2, -0.15) is 18.4 Å². The zero-order valence-electron chi connectivity index (χ0n) is 23.4. The number of carboxylic acid groups (broad SMARTS) is 1. The number of ether oxygens (including phenoxy) is 2. The zero-order chi connectivity index (χ0) is 32.5. The number of carbonyl (C=O) groups excluding carboxylic acids is 1. The molecular weight excluding hydrogens is 598 g/mol. The molecule has 1 saturated heterocycles. The number of methoxy groups -OCH3 is 1. The maximum absolute atomic E-state index is 12.8. The molecule has 9 nitrogen and oxygen atoms in total. The first-order valence-electron chi connectivity index (χ1n) is 13.1. The third-order valence-electron chi connectivity index (χ3n) is 6.97. The van der Waals surface area contributed by atoms with Crippen molar-refractivity contribution in [1.82, 2.24) is 14.5 Å². The summed E-state index contributed by atoms with van der Waals surface area (Å²) in [5, 5.41) is 16.1. The predicted octanol–water partition coefficient (Wildman–Crippen LogP) is 5.33. The lowest BCUT2D eigenvalue weighted by atomic mass is 9.73. The van der Waals surface area contributed by atoms with Crippen molar-refractivity contribution in [3.8, 4) is 11.8 Å². The number of carbonyl (C=O) groups is 2. The molecule has 1 aliphatic rings. The Balaban J connectivity index is 0.000000676. The second-order valence-electron chi connectivity index (χ2n) is 10.0. The van der Waals surface area contributed by atoms with Crippen LogP contribution in [0.3, 0.4) is 0 Å². The van der Waals surface area contributed by atoms with E-state index >= 15 is 0 Å². The van der Waals surface area contributed by atoms with Crippen LogP contribution in [0, 0.1) is 16.7 Å². The van der Waals surface area contributed by atoms with Gasteiger partial charge in [-0.3, -0.25) is 9.69 Å². The molecule has 0 aliphatic carbocycles. The van der Waals surface area contributed by atoms with E-state index in [2.05, 4.69) is 25.3 Å². The van der Waals surface area contributed by atoms with Gasteiger partial charge < -0.3 is 19.1 Å². The average Bonchev–Trinajstić information content (AvgIpc) is 3.39. The number of hydrogen-bond donors (Lipinski definition) is 1. The Morgan fingerprint density at radius 1 is 1.02 bits per heavy atom. The highest BCUT2D eigenvalue weighted by atomic mass is 19.4. The Kier molecular flexibility index (Phi) is 11.0. The number of likely N-dealkylation sites (tertiary alicyclic amines) is 1. The molecule has 0 amide bonds. The molecule has 0 bridgehead atoms. The Morgan fingerprint density at radius 2 is 1.66 bits per heavy atom. The Morgan fingerprint density at radius 3 is 2.20 bits per heavy atom. The maximum Gasteiger partial charge on any atom is 0.573 e. The van der Waals surface area contributed by atoms with Gasteiger partial charge in [0.2, 0.25) is 0 Å². The molecule has 0 spiro atoms. The Bertz CT molecular complexity index is 1460. The largest absolute Gasteiger partial charge is 0.573 e. The van der Waals surface area contributed by atoms with Gasteiger partial charge >= 0.3 is 24.5 Å². The minimum atomic E-state index is -5.08. The molecule has 0 atom stereocenters. The lowest BCUT2D eigenvalue weighted by molar-refractivity contribution is -0.274. The van der Waals surface area contributed by atoms with Crippen LogP contribution >= 0.6 is 0 Å². The van der Waals surface area contributed by atoms with Crippen LogP contribution in [0.4, 0.5) is 26.3 Å². The van der Waals surface area contributed by atoms with E-state index < -0.39 is 23.9 Å². The summed E-state index contributed by atoms with van der Waals surface area (Å²) in [5.74, 6) is -3.43. The minimum Gasteiger partial charge on any atom is -0.475 e. The number of rotatable bonds is 8. The molecular formula is C29H28F6N4O5. The monoisotopic (exact) mass is 626 g/mol. The van der Waals surface area contributed by atoms with Crippen molar-refractivity contribution >= 4 is 11.9 Å². The summed E-state index contributed by atoms with van der Waals surface area (Å²) in [7, 11) is 1.33. The van der Waals surface area contributed by atoms with Gasteiger partial charge in [-0.1, -0.05) is 24.3 Å². The fourth-order valence-corrected chi connectivity index (χ4v) is 4.78. The second kappa shape index (κ2) is 14.3. The van der Waals surface area contributed by atoms with E-state index in [1.165, 1.54) is 25.3 Å². The molecule has 2 heterocycles. The van der Waals surface area contributed by atoms with Crippen molar-refractivity contribution in [2.24, 2.45) is 5.41 Å². The van der Waals surface area contributed by atoms with E-state index in [1.807, 2.05) is 18.3 Å². The quantitative estimate of drug-likeness (QED) is 0.263. The van der Waals surface area contributed by atoms with Gasteiger partial charge in [0, 0.05) is 19.3 Å². The van der Waals surface area contributed by atoms with Crippen molar-refractivity contribution in [2.75, 3.05) is 20.2 Å². The van der Waals surface area contributed by atoms with Crippen LogP contribution in [0.25, 0.3) is 0 Å². The first kappa shape index (κ1) is 33.9. The van der Waals surface area contributed by atoms with Crippen molar-refractivity contribution in [3.05, 3.63) is 83.4 Å². The molecule has 0 radical (unpaired) electrons. The van der Waals surface area contributed by atoms with E-state index in [1.54, 1.807) is 24.5 Å². The van der Waals surface area contributed by atoms with E-state index in [0.29, 0.717) is 50.1 Å². The number of hydrogen-bond acceptors (Lipinski definition) is 7. The second-order valence-corrected chi connectivity index (χ2v) is 10.0. The highest BCUT2D eigenvalue weighted by molar-refractivity contribution is 5.77. The molecule has 236 valence electrons. The highest BCUT2D eigenvalue weighted by Gasteiger charge is 2.43. The highest BCUT2D eigenvalue weighted by Crippen LogP contribution is 2.38. The van der Waals surface area contributed by atoms with Crippen LogP contribution in [-0.2, 0) is 33.8 Å². The van der Waals surface area contributed by atoms with Gasteiger partial charge in [-0.15, -0.1) is 13.2 Å². The van der Waals surface area contributed by atoms with Gasteiger partial charge in [-0.05, 0) is 67.7 Å². The van der Waals surface area contributed by atoms with Crippen LogP contribution in [0.2, 0.25) is 0 Å². The van der Waals surface area contributed by atoms with Crippen LogP contribution in [-0.4, -0.2) is 64.2 Å². The number of piperidine rings is 1. The number of halogens is 6. The summed E-state index contributed by atoms with van der Waals surface area (Å²) in [4.78, 5) is 28.3. The number of imidazole rings is 1. The SMILES string of the molecule is COC(=O)C1(Cc2cccc(OC(F)(F)F)c2)CCN(Cc2cncn2Cc2ccc(C#N)cc2)CC1.O=C(O)C(F)(F)F. The number of nitriles is 1. The molecule has 1 aromatic heterocycles. The molecule has 44 heavy (non-hydrogen) atoms. The third-order valence-corrected chi connectivity index (χ3v) is 6.97. The lowest BCUT2D eigenvalue weighted by Crippen LogP contribution is -2.46. The molecule has 4 rings (SSSR count). The molecule has 1 N–H and O–H groups in total. The first-order chi connectivity index (χ1) is 20.6. The smallest absolute Gasteiger partial charge is 0.475 e. The summed E-state index contributed by atoms with van der Waals surface area (Å²) in [5.41, 5.74) is 2.44. The fraction of sp³-hybridized carbons (Fsp3) is 0.379. The van der Waals surface area contributed by atoms with Gasteiger partial charge in [0.25, 0.3) is 0 Å². The summed E-state index contributed by atoms with van der Waals surface area (Å²) in [6, 6.07) is 15.3. The molecule has 1 fully saturated rings. The van der Waals surface area contributed by atoms with Crippen LogP contribution in [0.15, 0.2) is 61.1 Å². The van der Waals surface area contributed by atoms with Crippen LogP contribution in [0.1, 0.15) is 35.2 Å². The first-order valence-corrected chi connectivity index (χ1v) is 13.1. The van der Waals surface area contributed by atoms with E-state index in [9.17, 15) is 31.1 Å². The molecule has 2 aromatic carbocycles. The zero-order valence-corrected chi connectivity index (χ0v) is 23.4. The number of alkyl halides is 6. The predicted molar refractivity (Wildman–Crippen MR) is 142 cm³/mol. The molecule has 0 unspecified atom stereocenters. The molecule has 3 aromatic rings. The summed E-state index contributed by atoms with van der Waals surface area (Å²) in [6.07, 6.45) is -5.00. The number of aliphatic carboxylic acids is 1. The number of carboxylic acids is 1. The van der Waals surface area contributed by atoms with Gasteiger partial charge in [0.15, 0.2) is 0 Å². The van der Waals surface area contributed by atoms with Crippen molar-refractivity contribution < 1.29 is 50.5 Å². The van der Waals surface area contributed by atoms with Gasteiger partial charge in [-0.25, -0.2) is 9.78 Å². The number of benzene rings is 2. The van der Waals surface area contributed by atoms with E-state index in [-0.39, 0.29) is 18.1 Å². The minimum absolute atomic E-state index is 0.263. The summed E-state index contributed by atoms with van der Waals surface area (Å²) >= 11 is 0. The fourth-order valence-electron chi connectivity index (χ4n) is 4.78. The maximum atomic E-state index is 12.8. The van der Waals surface area contributed by atoms with Crippen LogP contribution < -0.4 is 4.74 Å². The van der Waals surface area contributed by atoms with E-state index in [0.717, 1.165) is 11.3 Å². The number of aromatic nitrogens is 2. The Labute approximate surface area is 248 Å². The summed E-state index contributed by atoms with van der Waals surface area (Å²) in [6.45, 7) is 2.51. The van der Waals surface area contributed by atoms with Gasteiger partial charge in [0.1, 0.15) is 5.75 Å². The molecule has 15 heteroatoms. The lowest BCUT2D eigenvalue weighted by Gasteiger charge is -2.40. The average molecular weight is 627 g/mol. The Hall–Kier alpha value is -4.58. The standard InChI is InChI=1S/C27H27F3N4O3.C2HF3O2/c1-36-25(35)26(14-22-3-2-4-24(13-22)37-27(28,29)30)9-11-33(12-10-26)18-23-16-32-19-34(23)17-21-7-5-20(15-31)6-8-21;3-2(4,5)1(6)7/h2-8,13,16,19H,9-12,14,17-18H2,1H3;(H,6,7). The number of nitrogens with zero attached hydrogens (tertiary/aromatic N) is 4. The molecule has 0 saturated carbocycles. The molecule has 1 aliphatic heterocycles. The van der Waals surface area contributed by atoms with Crippen molar-refractivity contribution in [1.29, 1.82) is 5.26 Å². The summed E-state index contributed by atoms with van der Waals surface area (Å²) < 4.78 is 80.9. The van der Waals surface area contributed by atoms with Crippen LogP contribution in [0.5, 0.6) is 5.75 Å². The van der Waals surface area contributed by atoms with Crippen molar-refractivity contribution in [3.63, 3.8) is 0 Å². The normalized spacial score (nSPS) is 15.0. The van der Waals surface area contributed by atoms with E-state index in [4.69, 9.17) is 19.9 Å². The number of esters is 1. The topological polar surface area (TPSA) is 118 Å². The van der Waals surface area contributed by atoms with Crippen molar-refractivity contribution in [2.45, 2.75) is 44.9 Å². The third kappa shape index (κ3) is 9.73.